The minimum atomic E-state index is 0.0239. The Morgan fingerprint density at radius 2 is 2.00 bits per heavy atom. The van der Waals surface area contributed by atoms with E-state index in [9.17, 15) is 4.79 Å². The molecule has 1 saturated heterocycles. The molecule has 30 heavy (non-hydrogen) atoms. The summed E-state index contributed by atoms with van der Waals surface area (Å²) in [6.45, 7) is 2.18. The molecule has 2 atom stereocenters. The van der Waals surface area contributed by atoms with Crippen molar-refractivity contribution in [3.05, 3.63) is 47.3 Å². The Balaban J connectivity index is 1.21. The molecule has 6 rings (SSSR count). The van der Waals surface area contributed by atoms with Gasteiger partial charge in [0.15, 0.2) is 5.65 Å². The molecule has 0 bridgehead atoms. The third-order valence-electron chi connectivity index (χ3n) is 6.31. The maximum Gasteiger partial charge on any atom is 0.261 e. The monoisotopic (exact) mass is 419 g/mol. The second kappa shape index (κ2) is 7.03. The first-order chi connectivity index (χ1) is 14.7. The van der Waals surface area contributed by atoms with E-state index in [0.717, 1.165) is 58.7 Å². The lowest BCUT2D eigenvalue weighted by molar-refractivity contribution is 0.0940. The summed E-state index contributed by atoms with van der Waals surface area (Å²) < 4.78 is 1.76. The van der Waals surface area contributed by atoms with Crippen LogP contribution < -0.4 is 10.6 Å². The van der Waals surface area contributed by atoms with Crippen LogP contribution in [0.25, 0.3) is 27.9 Å². The molecule has 1 aliphatic heterocycles. The smallest absolute Gasteiger partial charge is 0.261 e. The second-order valence-corrected chi connectivity index (χ2v) is 9.09. The Kier molecular flexibility index (Phi) is 4.17. The van der Waals surface area contributed by atoms with Gasteiger partial charge in [-0.25, -0.2) is 9.50 Å². The Labute approximate surface area is 176 Å². The number of aromatic amines is 1. The quantitative estimate of drug-likeness (QED) is 0.472. The maximum atomic E-state index is 12.8. The minimum absolute atomic E-state index is 0.0239. The van der Waals surface area contributed by atoms with Crippen LogP contribution in [-0.4, -0.2) is 49.8 Å². The highest BCUT2D eigenvalue weighted by Crippen LogP contribution is 2.35. The molecule has 8 nitrogen and oxygen atoms in total. The number of hydrogen-bond donors (Lipinski definition) is 3. The molecule has 2 aliphatic rings. The van der Waals surface area contributed by atoms with Gasteiger partial charge in [-0.15, -0.1) is 11.3 Å². The van der Waals surface area contributed by atoms with Crippen molar-refractivity contribution < 1.29 is 4.79 Å². The number of nitrogens with zero attached hydrogens (tertiary/aromatic N) is 4. The van der Waals surface area contributed by atoms with Crippen molar-refractivity contribution in [3.8, 4) is 22.3 Å². The highest BCUT2D eigenvalue weighted by molar-refractivity contribution is 7.12. The molecule has 0 spiro atoms. The summed E-state index contributed by atoms with van der Waals surface area (Å²) in [6.07, 6.45) is 11.3. The predicted octanol–water partition coefficient (Wildman–Crippen LogP) is 2.58. The third kappa shape index (κ3) is 3.01. The fourth-order valence-corrected chi connectivity index (χ4v) is 5.58. The number of amides is 1. The average molecular weight is 420 g/mol. The molecule has 1 aliphatic carbocycles. The van der Waals surface area contributed by atoms with Crippen molar-refractivity contribution >= 4 is 22.9 Å². The molecule has 1 amide bonds. The Morgan fingerprint density at radius 3 is 2.80 bits per heavy atom. The lowest BCUT2D eigenvalue weighted by Crippen LogP contribution is -2.33. The van der Waals surface area contributed by atoms with Gasteiger partial charge in [-0.1, -0.05) is 0 Å². The molecular weight excluding hydrogens is 398 g/mol. The van der Waals surface area contributed by atoms with E-state index < -0.39 is 0 Å². The van der Waals surface area contributed by atoms with E-state index in [1.165, 1.54) is 11.3 Å². The first kappa shape index (κ1) is 17.8. The number of carbonyl (C=O) groups is 1. The standard InChI is InChI=1S/C21H21N7OS/c29-21(27-17-1-12-4-22-5-13(12)2-17)19-3-14(11-30-19)18-9-26-28-10-16(6-23-20(18)28)15-7-24-25-8-15/h3,6-13,17,22H,1-2,4-5H2,(H,24,25)(H,27,29). The van der Waals surface area contributed by atoms with Gasteiger partial charge in [0.05, 0.1) is 17.3 Å². The number of carbonyl (C=O) groups excluding carboxylic acids is 1. The topological polar surface area (TPSA) is 100 Å². The Bertz CT molecular complexity index is 1200. The van der Waals surface area contributed by atoms with Gasteiger partial charge in [0.1, 0.15) is 0 Å². The molecule has 2 unspecified atom stereocenters. The Morgan fingerprint density at radius 1 is 1.13 bits per heavy atom. The Hall–Kier alpha value is -3.04. The van der Waals surface area contributed by atoms with Gasteiger partial charge >= 0.3 is 0 Å². The summed E-state index contributed by atoms with van der Waals surface area (Å²) in [5.74, 6) is 1.45. The van der Waals surface area contributed by atoms with Crippen molar-refractivity contribution in [2.24, 2.45) is 11.8 Å². The molecule has 2 fully saturated rings. The zero-order valence-corrected chi connectivity index (χ0v) is 17.0. The van der Waals surface area contributed by atoms with Gasteiger partial charge in [0.25, 0.3) is 5.91 Å². The van der Waals surface area contributed by atoms with Crippen LogP contribution in [0.15, 0.2) is 42.4 Å². The van der Waals surface area contributed by atoms with Crippen molar-refractivity contribution in [2.45, 2.75) is 18.9 Å². The largest absolute Gasteiger partial charge is 0.349 e. The highest BCUT2D eigenvalue weighted by Gasteiger charge is 2.37. The van der Waals surface area contributed by atoms with Gasteiger partial charge in [0, 0.05) is 41.3 Å². The van der Waals surface area contributed by atoms with Crippen LogP contribution in [0.1, 0.15) is 22.5 Å². The highest BCUT2D eigenvalue weighted by atomic mass is 32.1. The summed E-state index contributed by atoms with van der Waals surface area (Å²) in [4.78, 5) is 18.1. The molecular formula is C21H21N7OS. The van der Waals surface area contributed by atoms with Gasteiger partial charge in [-0.3, -0.25) is 9.89 Å². The molecule has 9 heteroatoms. The molecule has 1 saturated carbocycles. The number of rotatable bonds is 4. The molecule has 0 radical (unpaired) electrons. The first-order valence-electron chi connectivity index (χ1n) is 10.2. The molecule has 4 aromatic rings. The van der Waals surface area contributed by atoms with Gasteiger partial charge in [-0.2, -0.15) is 10.2 Å². The molecule has 0 aromatic carbocycles. The van der Waals surface area contributed by atoms with Crippen LogP contribution in [-0.2, 0) is 0 Å². The van der Waals surface area contributed by atoms with Crippen LogP contribution in [0, 0.1) is 11.8 Å². The number of hydrogen-bond acceptors (Lipinski definition) is 6. The van der Waals surface area contributed by atoms with E-state index in [1.54, 1.807) is 16.9 Å². The summed E-state index contributed by atoms with van der Waals surface area (Å²) >= 11 is 1.47. The minimum Gasteiger partial charge on any atom is -0.349 e. The molecule has 5 heterocycles. The second-order valence-electron chi connectivity index (χ2n) is 8.18. The first-order valence-corrected chi connectivity index (χ1v) is 11.1. The summed E-state index contributed by atoms with van der Waals surface area (Å²) in [5, 5.41) is 19.9. The number of fused-ring (bicyclic) bond motifs is 2. The predicted molar refractivity (Wildman–Crippen MR) is 114 cm³/mol. The van der Waals surface area contributed by atoms with Crippen molar-refractivity contribution in [3.63, 3.8) is 0 Å². The van der Waals surface area contributed by atoms with Crippen LogP contribution >= 0.6 is 11.3 Å². The summed E-state index contributed by atoms with van der Waals surface area (Å²) in [6, 6.07) is 2.24. The van der Waals surface area contributed by atoms with Crippen LogP contribution in [0.5, 0.6) is 0 Å². The van der Waals surface area contributed by atoms with E-state index >= 15 is 0 Å². The van der Waals surface area contributed by atoms with Crippen molar-refractivity contribution in [2.75, 3.05) is 13.1 Å². The number of nitrogens with one attached hydrogen (secondary N) is 3. The third-order valence-corrected chi connectivity index (χ3v) is 7.24. The van der Waals surface area contributed by atoms with Gasteiger partial charge < -0.3 is 10.6 Å². The van der Waals surface area contributed by atoms with Crippen LogP contribution in [0.3, 0.4) is 0 Å². The summed E-state index contributed by atoms with van der Waals surface area (Å²) in [5.41, 5.74) is 4.56. The zero-order valence-electron chi connectivity index (χ0n) is 16.2. The molecule has 3 N–H and O–H groups in total. The lowest BCUT2D eigenvalue weighted by atomic mass is 10.0. The average Bonchev–Trinajstić information content (AvgIpc) is 3.55. The lowest BCUT2D eigenvalue weighted by Gasteiger charge is -2.12. The van der Waals surface area contributed by atoms with E-state index in [4.69, 9.17) is 0 Å². The van der Waals surface area contributed by atoms with Crippen molar-refractivity contribution in [1.82, 2.24) is 35.4 Å². The SMILES string of the molecule is O=C(NC1CC2CNCC2C1)c1cc(-c2cnn3cc(-c4cn[nH]c4)cnc23)cs1. The van der Waals surface area contributed by atoms with Gasteiger partial charge in [0.2, 0.25) is 0 Å². The van der Waals surface area contributed by atoms with E-state index in [2.05, 4.69) is 30.9 Å². The number of aromatic nitrogens is 5. The summed E-state index contributed by atoms with van der Waals surface area (Å²) in [7, 11) is 0. The van der Waals surface area contributed by atoms with Crippen LogP contribution in [0.4, 0.5) is 0 Å². The maximum absolute atomic E-state index is 12.8. The van der Waals surface area contributed by atoms with E-state index in [-0.39, 0.29) is 5.91 Å². The van der Waals surface area contributed by atoms with Gasteiger partial charge in [-0.05, 0) is 54.8 Å². The fraction of sp³-hybridized carbons (Fsp3) is 0.333. The van der Waals surface area contributed by atoms with E-state index in [1.807, 2.05) is 30.0 Å². The number of thiophene rings is 1. The zero-order chi connectivity index (χ0) is 20.1. The fourth-order valence-electron chi connectivity index (χ4n) is 4.77. The normalized spacial score (nSPS) is 23.1. The van der Waals surface area contributed by atoms with E-state index in [0.29, 0.717) is 17.9 Å². The van der Waals surface area contributed by atoms with Crippen LogP contribution in [0.2, 0.25) is 0 Å². The molecule has 4 aromatic heterocycles. The number of H-pyrrole nitrogens is 1. The molecule has 152 valence electrons. The van der Waals surface area contributed by atoms with Crippen molar-refractivity contribution in [1.29, 1.82) is 0 Å².